The fourth-order valence-electron chi connectivity index (χ4n) is 6.22. The van der Waals surface area contributed by atoms with Gasteiger partial charge in [0.1, 0.15) is 5.56 Å². The number of nitrogens with zero attached hydrogens (tertiary/aromatic N) is 3. The molecule has 0 aromatic carbocycles. The second-order valence-electron chi connectivity index (χ2n) is 10.0. The van der Waals surface area contributed by atoms with Crippen molar-refractivity contribution in [1.29, 1.82) is 0 Å². The maximum absolute atomic E-state index is 13.8. The predicted molar refractivity (Wildman–Crippen MR) is 119 cm³/mol. The van der Waals surface area contributed by atoms with Crippen molar-refractivity contribution in [2.75, 3.05) is 32.7 Å². The van der Waals surface area contributed by atoms with Crippen molar-refractivity contribution in [1.82, 2.24) is 14.4 Å². The van der Waals surface area contributed by atoms with Crippen LogP contribution in [0.5, 0.6) is 0 Å². The molecule has 3 fully saturated rings. The van der Waals surface area contributed by atoms with E-state index in [0.717, 1.165) is 42.6 Å². The minimum Gasteiger partial charge on any atom is -0.483 e. The highest BCUT2D eigenvalue weighted by Gasteiger charge is 2.39. The van der Waals surface area contributed by atoms with Crippen LogP contribution in [-0.2, 0) is 11.3 Å². The van der Waals surface area contributed by atoms with E-state index >= 15 is 0 Å². The lowest BCUT2D eigenvalue weighted by Crippen LogP contribution is -2.50. The number of rotatable bonds is 3. The number of halogens is 2. The SMILES string of the molecule is O=C(c1ccc2n(c1=O)C[C@H]1C[C@@H]2CN(CC2CCCC2)C1)N1CCCC(F)(F)C1.O=CO. The molecule has 182 valence electrons. The molecule has 4 heterocycles. The summed E-state index contributed by atoms with van der Waals surface area (Å²) < 4.78 is 29.3. The van der Waals surface area contributed by atoms with E-state index in [-0.39, 0.29) is 37.0 Å². The van der Waals surface area contributed by atoms with Crippen LogP contribution in [0, 0.1) is 11.8 Å². The molecule has 3 aliphatic heterocycles. The van der Waals surface area contributed by atoms with E-state index < -0.39 is 18.4 Å². The highest BCUT2D eigenvalue weighted by Crippen LogP contribution is 2.37. The van der Waals surface area contributed by atoms with Crippen molar-refractivity contribution in [2.24, 2.45) is 11.8 Å². The zero-order valence-electron chi connectivity index (χ0n) is 18.9. The van der Waals surface area contributed by atoms with Gasteiger partial charge in [0.15, 0.2) is 0 Å². The van der Waals surface area contributed by atoms with E-state index in [2.05, 4.69) is 4.90 Å². The van der Waals surface area contributed by atoms with Gasteiger partial charge >= 0.3 is 0 Å². The van der Waals surface area contributed by atoms with E-state index in [1.165, 1.54) is 25.7 Å². The first-order valence-corrected chi connectivity index (χ1v) is 12.0. The van der Waals surface area contributed by atoms with E-state index in [1.807, 2.05) is 6.07 Å². The van der Waals surface area contributed by atoms with Gasteiger partial charge in [-0.2, -0.15) is 0 Å². The van der Waals surface area contributed by atoms with Gasteiger partial charge in [-0.25, -0.2) is 8.78 Å². The Hall–Kier alpha value is -2.29. The van der Waals surface area contributed by atoms with Gasteiger partial charge < -0.3 is 19.5 Å². The molecule has 5 rings (SSSR count). The number of carbonyl (C=O) groups excluding carboxylic acids is 1. The highest BCUT2D eigenvalue weighted by molar-refractivity contribution is 5.94. The number of hydrogen-bond donors (Lipinski definition) is 1. The zero-order valence-corrected chi connectivity index (χ0v) is 18.9. The van der Waals surface area contributed by atoms with Gasteiger partial charge in [-0.15, -0.1) is 0 Å². The largest absolute Gasteiger partial charge is 0.483 e. The third kappa shape index (κ3) is 5.28. The third-order valence-electron chi connectivity index (χ3n) is 7.58. The predicted octanol–water partition coefficient (Wildman–Crippen LogP) is 3.03. The van der Waals surface area contributed by atoms with E-state index in [0.29, 0.717) is 18.4 Å². The number of aromatic nitrogens is 1. The van der Waals surface area contributed by atoms with Crippen LogP contribution in [0.2, 0.25) is 0 Å². The van der Waals surface area contributed by atoms with Crippen LogP contribution in [0.25, 0.3) is 0 Å². The molecule has 1 aliphatic carbocycles. The summed E-state index contributed by atoms with van der Waals surface area (Å²) in [6, 6.07) is 3.48. The fourth-order valence-corrected chi connectivity index (χ4v) is 6.22. The molecule has 0 spiro atoms. The Bertz CT molecular complexity index is 929. The van der Waals surface area contributed by atoms with Crippen LogP contribution in [0.3, 0.4) is 0 Å². The Morgan fingerprint density at radius 3 is 2.58 bits per heavy atom. The second-order valence-corrected chi connectivity index (χ2v) is 10.0. The number of fused-ring (bicyclic) bond motifs is 4. The first kappa shape index (κ1) is 23.9. The van der Waals surface area contributed by atoms with Crippen molar-refractivity contribution in [2.45, 2.75) is 63.3 Å². The third-order valence-corrected chi connectivity index (χ3v) is 7.58. The Labute approximate surface area is 192 Å². The molecular formula is C24H33F2N3O4. The lowest BCUT2D eigenvalue weighted by atomic mass is 9.82. The Morgan fingerprint density at radius 1 is 1.15 bits per heavy atom. The van der Waals surface area contributed by atoms with Crippen molar-refractivity contribution >= 4 is 12.4 Å². The van der Waals surface area contributed by atoms with E-state index in [9.17, 15) is 18.4 Å². The molecule has 2 bridgehead atoms. The lowest BCUT2D eigenvalue weighted by molar-refractivity contribution is -0.122. The number of alkyl halides is 2. The van der Waals surface area contributed by atoms with Crippen LogP contribution in [0.15, 0.2) is 16.9 Å². The molecule has 9 heteroatoms. The molecule has 0 radical (unpaired) electrons. The highest BCUT2D eigenvalue weighted by atomic mass is 19.3. The minimum absolute atomic E-state index is 0.0410. The summed E-state index contributed by atoms with van der Waals surface area (Å²) in [4.78, 5) is 38.1. The summed E-state index contributed by atoms with van der Waals surface area (Å²) >= 11 is 0. The molecule has 33 heavy (non-hydrogen) atoms. The molecule has 2 atom stereocenters. The fraction of sp³-hybridized carbons (Fsp3) is 0.708. The molecule has 1 aromatic heterocycles. The number of hydrogen-bond acceptors (Lipinski definition) is 4. The quantitative estimate of drug-likeness (QED) is 0.694. The van der Waals surface area contributed by atoms with Gasteiger partial charge in [0.25, 0.3) is 23.9 Å². The maximum Gasteiger partial charge on any atom is 0.290 e. The maximum atomic E-state index is 13.8. The second kappa shape index (κ2) is 9.91. The van der Waals surface area contributed by atoms with Crippen molar-refractivity contribution in [3.05, 3.63) is 33.7 Å². The van der Waals surface area contributed by atoms with Gasteiger partial charge in [0.2, 0.25) is 0 Å². The molecule has 1 N–H and O–H groups in total. The molecular weight excluding hydrogens is 432 g/mol. The van der Waals surface area contributed by atoms with Gasteiger partial charge in [-0.1, -0.05) is 12.8 Å². The summed E-state index contributed by atoms with van der Waals surface area (Å²) in [5, 5.41) is 6.89. The van der Waals surface area contributed by atoms with E-state index in [1.54, 1.807) is 10.6 Å². The summed E-state index contributed by atoms with van der Waals surface area (Å²) in [6.45, 7) is 3.22. The average molecular weight is 466 g/mol. The normalized spacial score (nSPS) is 26.8. The number of amides is 1. The molecule has 7 nitrogen and oxygen atoms in total. The Morgan fingerprint density at radius 2 is 1.88 bits per heavy atom. The average Bonchev–Trinajstić information content (AvgIpc) is 3.27. The first-order valence-electron chi connectivity index (χ1n) is 12.0. The number of carboxylic acid groups (broad SMARTS) is 1. The molecule has 1 saturated carbocycles. The van der Waals surface area contributed by atoms with Crippen LogP contribution >= 0.6 is 0 Å². The summed E-state index contributed by atoms with van der Waals surface area (Å²) in [7, 11) is 0. The number of pyridine rings is 1. The number of carbonyl (C=O) groups is 2. The lowest BCUT2D eigenvalue weighted by Gasteiger charge is -2.43. The monoisotopic (exact) mass is 465 g/mol. The van der Waals surface area contributed by atoms with Gasteiger partial charge in [-0.05, 0) is 49.7 Å². The number of piperidine rings is 2. The standard InChI is InChI=1S/C23H31F2N3O2.CH2O2/c24-23(25)8-3-9-27(15-23)21(29)19-6-7-20-18-10-17(13-28(20)22(19)30)12-26(14-18)11-16-4-1-2-5-16;2-1-3/h6-7,16-18H,1-5,8-15H2;1H,(H,2,3)/t17-,18+;/m0./s1. The van der Waals surface area contributed by atoms with Crippen LogP contribution < -0.4 is 5.56 Å². The molecule has 2 saturated heterocycles. The van der Waals surface area contributed by atoms with Crippen molar-refractivity contribution in [3.63, 3.8) is 0 Å². The van der Waals surface area contributed by atoms with Crippen LogP contribution in [0.4, 0.5) is 8.78 Å². The van der Waals surface area contributed by atoms with Gasteiger partial charge in [0.05, 0.1) is 6.54 Å². The topological polar surface area (TPSA) is 82.9 Å². The first-order chi connectivity index (χ1) is 15.8. The van der Waals surface area contributed by atoms with Gasteiger partial charge in [-0.3, -0.25) is 14.4 Å². The summed E-state index contributed by atoms with van der Waals surface area (Å²) in [5.41, 5.74) is 0.748. The van der Waals surface area contributed by atoms with Crippen LogP contribution in [0.1, 0.15) is 66.9 Å². The van der Waals surface area contributed by atoms with Crippen LogP contribution in [-0.4, -0.2) is 70.5 Å². The van der Waals surface area contributed by atoms with E-state index in [4.69, 9.17) is 9.90 Å². The Balaban J connectivity index is 0.000000821. The smallest absolute Gasteiger partial charge is 0.290 e. The van der Waals surface area contributed by atoms with Crippen molar-refractivity contribution < 1.29 is 23.5 Å². The molecule has 4 aliphatic rings. The number of likely N-dealkylation sites (tertiary alicyclic amines) is 2. The van der Waals surface area contributed by atoms with Gasteiger partial charge in [0, 0.05) is 50.8 Å². The Kier molecular flexibility index (Phi) is 7.16. The molecule has 1 aromatic rings. The molecule has 0 unspecified atom stereocenters. The zero-order chi connectivity index (χ0) is 23.6. The minimum atomic E-state index is -2.86. The summed E-state index contributed by atoms with van der Waals surface area (Å²) in [6.07, 6.45) is 6.54. The van der Waals surface area contributed by atoms with Crippen molar-refractivity contribution in [3.8, 4) is 0 Å². The molecule has 1 amide bonds. The summed E-state index contributed by atoms with van der Waals surface area (Å²) in [5.74, 6) is -1.87.